The zero-order chi connectivity index (χ0) is 30.0. The van der Waals surface area contributed by atoms with Gasteiger partial charge in [-0.15, -0.1) is 0 Å². The van der Waals surface area contributed by atoms with Crippen LogP contribution in [0.2, 0.25) is 10.2 Å². The van der Waals surface area contributed by atoms with Crippen LogP contribution in [0, 0.1) is 11.2 Å². The first-order chi connectivity index (χ1) is 19.9. The zero-order valence-electron chi connectivity index (χ0n) is 23.7. The van der Waals surface area contributed by atoms with Crippen LogP contribution in [0.5, 0.6) is 0 Å². The van der Waals surface area contributed by atoms with E-state index in [-0.39, 0.29) is 28.6 Å². The summed E-state index contributed by atoms with van der Waals surface area (Å²) >= 11 is 12.6. The molecular formula is C30H35Cl2FN4O5. The van der Waals surface area contributed by atoms with Crippen LogP contribution in [-0.4, -0.2) is 65.6 Å². The molecule has 4 heterocycles. The molecule has 226 valence electrons. The molecule has 0 unspecified atom stereocenters. The van der Waals surface area contributed by atoms with Crippen molar-refractivity contribution in [2.45, 2.75) is 87.3 Å². The summed E-state index contributed by atoms with van der Waals surface area (Å²) in [5, 5.41) is 19.9. The van der Waals surface area contributed by atoms with E-state index < -0.39 is 53.1 Å². The third-order valence-electron chi connectivity index (χ3n) is 9.90. The van der Waals surface area contributed by atoms with E-state index in [2.05, 4.69) is 34.8 Å². The Bertz CT molecular complexity index is 1420. The Morgan fingerprint density at radius 1 is 1.21 bits per heavy atom. The van der Waals surface area contributed by atoms with Gasteiger partial charge in [0.1, 0.15) is 11.5 Å². The Balaban J connectivity index is 1.51. The number of hydrogen-bond acceptors (Lipinski definition) is 7. The maximum atomic E-state index is 16.0. The fourth-order valence-electron chi connectivity index (χ4n) is 7.72. The highest BCUT2D eigenvalue weighted by atomic mass is 35.5. The average molecular weight is 622 g/mol. The number of hydrogen-bond donors (Lipinski definition) is 4. The highest BCUT2D eigenvalue weighted by molar-refractivity contribution is 6.31. The van der Waals surface area contributed by atoms with E-state index in [1.54, 1.807) is 12.1 Å². The third-order valence-corrected chi connectivity index (χ3v) is 10.4. The Kier molecular flexibility index (Phi) is 7.56. The summed E-state index contributed by atoms with van der Waals surface area (Å²) < 4.78 is 26.8. The molecule has 6 rings (SSSR count). The van der Waals surface area contributed by atoms with E-state index in [0.29, 0.717) is 35.5 Å². The molecule has 1 saturated carbocycles. The van der Waals surface area contributed by atoms with Gasteiger partial charge in [0.05, 0.1) is 18.7 Å². The molecule has 0 radical (unpaired) electrons. The van der Waals surface area contributed by atoms with Crippen LogP contribution in [0.4, 0.5) is 10.1 Å². The minimum atomic E-state index is -1.36. The van der Waals surface area contributed by atoms with Crippen molar-refractivity contribution in [3.63, 3.8) is 0 Å². The Morgan fingerprint density at radius 2 is 1.95 bits per heavy atom. The summed E-state index contributed by atoms with van der Waals surface area (Å²) in [5.74, 6) is -2.48. The van der Waals surface area contributed by atoms with E-state index >= 15 is 4.39 Å². The zero-order valence-corrected chi connectivity index (χ0v) is 25.2. The van der Waals surface area contributed by atoms with Gasteiger partial charge >= 0.3 is 0 Å². The molecule has 9 nitrogen and oxygen atoms in total. The van der Waals surface area contributed by atoms with Crippen molar-refractivity contribution in [1.82, 2.24) is 15.6 Å². The summed E-state index contributed by atoms with van der Waals surface area (Å²) in [5.41, 5.74) is -0.863. The first kappa shape index (κ1) is 29.7. The van der Waals surface area contributed by atoms with E-state index in [1.807, 2.05) is 6.07 Å². The van der Waals surface area contributed by atoms with E-state index in [4.69, 9.17) is 32.7 Å². The number of halogens is 3. The molecule has 42 heavy (non-hydrogen) atoms. The van der Waals surface area contributed by atoms with Gasteiger partial charge in [-0.2, -0.15) is 0 Å². The number of benzene rings is 1. The molecule has 4 aliphatic rings. The number of rotatable bonds is 4. The second kappa shape index (κ2) is 10.7. The lowest BCUT2D eigenvalue weighted by molar-refractivity contribution is -0.201. The molecule has 1 aromatic carbocycles. The first-order valence-corrected chi connectivity index (χ1v) is 15.0. The number of amides is 2. The summed E-state index contributed by atoms with van der Waals surface area (Å²) in [6.45, 7) is 4.46. The molecule has 6 atom stereocenters. The largest absolute Gasteiger partial charge is 0.376 e. The van der Waals surface area contributed by atoms with E-state index in [1.165, 1.54) is 19.4 Å². The number of aliphatic hydroxyl groups excluding tert-OH is 1. The third kappa shape index (κ3) is 4.53. The number of anilines is 1. The van der Waals surface area contributed by atoms with Crippen LogP contribution in [0.15, 0.2) is 30.5 Å². The molecule has 1 aliphatic carbocycles. The number of carbonyl (C=O) groups is 2. The Hall–Kier alpha value is -2.34. The Morgan fingerprint density at radius 3 is 2.67 bits per heavy atom. The number of carbonyl (C=O) groups excluding carboxylic acids is 2. The van der Waals surface area contributed by atoms with Crippen molar-refractivity contribution >= 4 is 40.7 Å². The summed E-state index contributed by atoms with van der Waals surface area (Å²) in [7, 11) is 1.46. The fourth-order valence-corrected chi connectivity index (χ4v) is 8.06. The molecule has 1 aromatic heterocycles. The van der Waals surface area contributed by atoms with Crippen LogP contribution >= 0.6 is 23.2 Å². The standard InChI is InChI=1S/C30H35Cl2FN4O5/c1-28(2)7-9-29(10-8-28)30(18-5-4-15(31)12-19(18)36-27(30)40)21(17-6-11-34-24(32)22(17)33)23(37-29)25(38)35-16-13-20(41-3)26(39)42-14-16/h4-6,11-12,16,20-21,23,26,37,39H,7-10,13-14H2,1-3H3,(H,35,38)(H,36,40)/t16-,20-,21+,23-,26+,30-/m1/s1. The predicted molar refractivity (Wildman–Crippen MR) is 155 cm³/mol. The lowest BCUT2D eigenvalue weighted by atomic mass is 9.53. The van der Waals surface area contributed by atoms with E-state index in [0.717, 1.165) is 12.8 Å². The number of ether oxygens (including phenoxy) is 2. The minimum Gasteiger partial charge on any atom is -0.376 e. The number of pyridine rings is 1. The number of aromatic nitrogens is 1. The molecule has 2 aromatic rings. The molecule has 2 amide bonds. The van der Waals surface area contributed by atoms with Gasteiger partial charge in [-0.05, 0) is 60.4 Å². The topological polar surface area (TPSA) is 122 Å². The van der Waals surface area contributed by atoms with Gasteiger partial charge in [0, 0.05) is 41.9 Å². The van der Waals surface area contributed by atoms with E-state index in [9.17, 15) is 14.7 Å². The maximum absolute atomic E-state index is 16.0. The maximum Gasteiger partial charge on any atom is 0.238 e. The van der Waals surface area contributed by atoms with Crippen LogP contribution in [0.25, 0.3) is 0 Å². The van der Waals surface area contributed by atoms with Crippen LogP contribution in [-0.2, 0) is 24.5 Å². The molecule has 3 fully saturated rings. The second-order valence-electron chi connectivity index (χ2n) is 12.7. The number of aliphatic hydroxyl groups is 1. The van der Waals surface area contributed by atoms with Gasteiger partial charge in [0.25, 0.3) is 0 Å². The molecule has 4 N–H and O–H groups in total. The molecule has 0 bridgehead atoms. The summed E-state index contributed by atoms with van der Waals surface area (Å²) in [6.07, 6.45) is 2.75. The van der Waals surface area contributed by atoms with Crippen molar-refractivity contribution in [3.8, 4) is 0 Å². The molecular weight excluding hydrogens is 586 g/mol. The first-order valence-electron chi connectivity index (χ1n) is 14.2. The van der Waals surface area contributed by atoms with Gasteiger partial charge < -0.3 is 25.2 Å². The minimum absolute atomic E-state index is 0.0303. The van der Waals surface area contributed by atoms with Crippen molar-refractivity contribution in [2.75, 3.05) is 19.0 Å². The predicted octanol–water partition coefficient (Wildman–Crippen LogP) is 4.05. The molecule has 2 saturated heterocycles. The van der Waals surface area contributed by atoms with Gasteiger partial charge in [0.2, 0.25) is 11.8 Å². The quantitative estimate of drug-likeness (QED) is 0.380. The van der Waals surface area contributed by atoms with Gasteiger partial charge in [-0.3, -0.25) is 14.9 Å². The highest BCUT2D eigenvalue weighted by Gasteiger charge is 2.73. The second-order valence-corrected chi connectivity index (χ2v) is 13.5. The van der Waals surface area contributed by atoms with Crippen LogP contribution < -0.4 is 16.0 Å². The van der Waals surface area contributed by atoms with Crippen molar-refractivity contribution in [1.29, 1.82) is 0 Å². The molecule has 12 heteroatoms. The number of nitrogens with zero attached hydrogens (tertiary/aromatic N) is 1. The van der Waals surface area contributed by atoms with Crippen LogP contribution in [0.1, 0.15) is 63.0 Å². The van der Waals surface area contributed by atoms with Crippen molar-refractivity contribution < 1.29 is 28.6 Å². The smallest absolute Gasteiger partial charge is 0.238 e. The summed E-state index contributed by atoms with van der Waals surface area (Å²) in [6, 6.07) is 5.24. The number of nitrogens with one attached hydrogen (secondary N) is 3. The SMILES string of the molecule is CO[C@@H]1C[C@@H](NC(=O)[C@@H]2NC3(CCC(C)(C)CC3)[C@@]3(C(=O)Nc4cc(Cl)ccc43)[C@H]2c2ccnc(Cl)c2F)CO[C@@H]1O. The lowest BCUT2D eigenvalue weighted by Crippen LogP contribution is -2.61. The van der Waals surface area contributed by atoms with Crippen LogP contribution in [0.3, 0.4) is 0 Å². The monoisotopic (exact) mass is 620 g/mol. The van der Waals surface area contributed by atoms with Crippen molar-refractivity contribution in [3.05, 3.63) is 57.6 Å². The number of methoxy groups -OCH3 is 1. The summed E-state index contributed by atoms with van der Waals surface area (Å²) in [4.78, 5) is 32.7. The number of fused-ring (bicyclic) bond motifs is 3. The van der Waals surface area contributed by atoms with Gasteiger partial charge in [0.15, 0.2) is 17.3 Å². The van der Waals surface area contributed by atoms with Gasteiger partial charge in [-0.1, -0.05) is 43.1 Å². The lowest BCUT2D eigenvalue weighted by Gasteiger charge is -2.50. The molecule has 2 spiro atoms. The Labute approximate surface area is 253 Å². The normalized spacial score (nSPS) is 33.0. The average Bonchev–Trinajstić information content (AvgIpc) is 3.41. The highest BCUT2D eigenvalue weighted by Crippen LogP contribution is 2.64. The fraction of sp³-hybridized carbons (Fsp3) is 0.567. The van der Waals surface area contributed by atoms with Crippen molar-refractivity contribution in [2.24, 2.45) is 5.41 Å². The van der Waals surface area contributed by atoms with Gasteiger partial charge in [-0.25, -0.2) is 9.37 Å². The molecule has 3 aliphatic heterocycles.